The fourth-order valence-electron chi connectivity index (χ4n) is 2.36. The van der Waals surface area contributed by atoms with Crippen molar-refractivity contribution >= 4 is 0 Å². The summed E-state index contributed by atoms with van der Waals surface area (Å²) in [7, 11) is 0. The first kappa shape index (κ1) is 6.45. The molecule has 0 amide bonds. The van der Waals surface area contributed by atoms with Gasteiger partial charge in [-0.2, -0.15) is 0 Å². The van der Waals surface area contributed by atoms with E-state index in [0.717, 1.165) is 11.8 Å². The molecule has 0 heteroatoms. The highest BCUT2D eigenvalue weighted by Crippen LogP contribution is 2.33. The van der Waals surface area contributed by atoms with Gasteiger partial charge in [-0.05, 0) is 31.1 Å². The largest absolute Gasteiger partial charge is 0.0880 e. The topological polar surface area (TPSA) is 0 Å². The summed E-state index contributed by atoms with van der Waals surface area (Å²) in [5, 5.41) is 0. The Morgan fingerprint density at radius 1 is 1.10 bits per heavy atom. The van der Waals surface area contributed by atoms with Crippen LogP contribution in [-0.2, 0) is 0 Å². The zero-order valence-electron chi connectivity index (χ0n) is 6.55. The molecule has 2 rings (SSSR count). The van der Waals surface area contributed by atoms with Gasteiger partial charge in [-0.1, -0.05) is 31.4 Å². The van der Waals surface area contributed by atoms with Crippen molar-refractivity contribution in [2.24, 2.45) is 11.8 Å². The Morgan fingerprint density at radius 3 is 3.00 bits per heavy atom. The quantitative estimate of drug-likeness (QED) is 0.449. The van der Waals surface area contributed by atoms with Crippen LogP contribution in [0.15, 0.2) is 12.2 Å². The van der Waals surface area contributed by atoms with E-state index in [2.05, 4.69) is 12.2 Å². The van der Waals surface area contributed by atoms with E-state index in [9.17, 15) is 0 Å². The molecule has 1 fully saturated rings. The van der Waals surface area contributed by atoms with Gasteiger partial charge in [0.25, 0.3) is 0 Å². The SMILES string of the molecule is C1=CC2CCCCC(C1)C2. The number of hydrogen-bond donors (Lipinski definition) is 0. The summed E-state index contributed by atoms with van der Waals surface area (Å²) >= 11 is 0. The Labute approximate surface area is 63.3 Å². The minimum atomic E-state index is 0.959. The van der Waals surface area contributed by atoms with Crippen LogP contribution < -0.4 is 0 Å². The highest BCUT2D eigenvalue weighted by molar-refractivity contribution is 4.97. The third kappa shape index (κ3) is 1.25. The van der Waals surface area contributed by atoms with Crippen LogP contribution in [0.5, 0.6) is 0 Å². The second kappa shape index (κ2) is 2.77. The number of rotatable bonds is 0. The van der Waals surface area contributed by atoms with Crippen LogP contribution in [0, 0.1) is 11.8 Å². The minimum absolute atomic E-state index is 0.959. The van der Waals surface area contributed by atoms with E-state index in [1.54, 1.807) is 0 Å². The van der Waals surface area contributed by atoms with Gasteiger partial charge in [0.05, 0.1) is 0 Å². The smallest absolute Gasteiger partial charge is 0.0231 e. The number of fused-ring (bicyclic) bond motifs is 2. The predicted molar refractivity (Wildman–Crippen MR) is 43.8 cm³/mol. The van der Waals surface area contributed by atoms with Crippen molar-refractivity contribution in [2.45, 2.75) is 38.5 Å². The van der Waals surface area contributed by atoms with Gasteiger partial charge in [0, 0.05) is 0 Å². The Morgan fingerprint density at radius 2 is 2.00 bits per heavy atom. The van der Waals surface area contributed by atoms with Crippen LogP contribution in [0.4, 0.5) is 0 Å². The van der Waals surface area contributed by atoms with Gasteiger partial charge in [0.15, 0.2) is 0 Å². The van der Waals surface area contributed by atoms with Gasteiger partial charge in [0.2, 0.25) is 0 Å². The molecule has 0 spiro atoms. The van der Waals surface area contributed by atoms with E-state index >= 15 is 0 Å². The molecule has 0 aliphatic heterocycles. The fourth-order valence-corrected chi connectivity index (χ4v) is 2.36. The Bertz CT molecular complexity index is 135. The van der Waals surface area contributed by atoms with Crippen molar-refractivity contribution in [3.63, 3.8) is 0 Å². The molecular weight excluding hydrogens is 120 g/mol. The summed E-state index contributed by atoms with van der Waals surface area (Å²) < 4.78 is 0. The zero-order valence-corrected chi connectivity index (χ0v) is 6.55. The molecule has 2 aliphatic rings. The second-order valence-corrected chi connectivity index (χ2v) is 3.81. The zero-order chi connectivity index (χ0) is 6.81. The maximum absolute atomic E-state index is 2.45. The highest BCUT2D eigenvalue weighted by atomic mass is 14.3. The lowest BCUT2D eigenvalue weighted by atomic mass is 9.86. The van der Waals surface area contributed by atoms with Crippen LogP contribution in [0.2, 0.25) is 0 Å². The highest BCUT2D eigenvalue weighted by Gasteiger charge is 2.20. The normalized spacial score (nSPS) is 39.2. The average molecular weight is 136 g/mol. The molecule has 0 aromatic rings. The molecule has 2 bridgehead atoms. The minimum Gasteiger partial charge on any atom is -0.0880 e. The lowest BCUT2D eigenvalue weighted by molar-refractivity contribution is 0.404. The monoisotopic (exact) mass is 136 g/mol. The third-order valence-corrected chi connectivity index (χ3v) is 2.95. The molecular formula is C10H16. The summed E-state index contributed by atoms with van der Waals surface area (Å²) in [5.41, 5.74) is 0. The van der Waals surface area contributed by atoms with Gasteiger partial charge in [-0.25, -0.2) is 0 Å². The van der Waals surface area contributed by atoms with Gasteiger partial charge in [-0.15, -0.1) is 0 Å². The van der Waals surface area contributed by atoms with Gasteiger partial charge in [-0.3, -0.25) is 0 Å². The predicted octanol–water partition coefficient (Wildman–Crippen LogP) is 3.14. The Hall–Kier alpha value is -0.260. The molecule has 0 N–H and O–H groups in total. The molecule has 0 aromatic heterocycles. The van der Waals surface area contributed by atoms with Crippen LogP contribution in [0.3, 0.4) is 0 Å². The molecule has 2 aliphatic carbocycles. The van der Waals surface area contributed by atoms with Gasteiger partial charge >= 0.3 is 0 Å². The average Bonchev–Trinajstić information content (AvgIpc) is 2.12. The molecule has 1 saturated carbocycles. The van der Waals surface area contributed by atoms with Crippen LogP contribution in [-0.4, -0.2) is 0 Å². The van der Waals surface area contributed by atoms with Crippen molar-refractivity contribution in [1.82, 2.24) is 0 Å². The molecule has 56 valence electrons. The van der Waals surface area contributed by atoms with E-state index in [1.807, 2.05) is 0 Å². The first-order valence-corrected chi connectivity index (χ1v) is 4.62. The van der Waals surface area contributed by atoms with Crippen molar-refractivity contribution < 1.29 is 0 Å². The standard InChI is InChI=1S/C10H16/c1-2-5-10-7-3-6-9(4-1)8-10/h3,6,9-10H,1-2,4-5,7-8H2. The van der Waals surface area contributed by atoms with E-state index in [-0.39, 0.29) is 0 Å². The van der Waals surface area contributed by atoms with Crippen molar-refractivity contribution in [3.05, 3.63) is 12.2 Å². The van der Waals surface area contributed by atoms with Crippen LogP contribution >= 0.6 is 0 Å². The molecule has 2 unspecified atom stereocenters. The summed E-state index contributed by atoms with van der Waals surface area (Å²) in [6.07, 6.45) is 13.7. The fraction of sp³-hybridized carbons (Fsp3) is 0.800. The summed E-state index contributed by atoms with van der Waals surface area (Å²) in [5.74, 6) is 2.01. The summed E-state index contributed by atoms with van der Waals surface area (Å²) in [4.78, 5) is 0. The van der Waals surface area contributed by atoms with Crippen molar-refractivity contribution in [3.8, 4) is 0 Å². The van der Waals surface area contributed by atoms with Gasteiger partial charge < -0.3 is 0 Å². The van der Waals surface area contributed by atoms with E-state index in [0.29, 0.717) is 0 Å². The number of hydrogen-bond acceptors (Lipinski definition) is 0. The lowest BCUT2D eigenvalue weighted by Gasteiger charge is -2.20. The Kier molecular flexibility index (Phi) is 1.79. The van der Waals surface area contributed by atoms with Gasteiger partial charge in [0.1, 0.15) is 0 Å². The Balaban J connectivity index is 2.06. The molecule has 0 radical (unpaired) electrons. The lowest BCUT2D eigenvalue weighted by Crippen LogP contribution is -2.07. The second-order valence-electron chi connectivity index (χ2n) is 3.81. The van der Waals surface area contributed by atoms with E-state index < -0.39 is 0 Å². The van der Waals surface area contributed by atoms with Crippen LogP contribution in [0.1, 0.15) is 38.5 Å². The molecule has 2 atom stereocenters. The third-order valence-electron chi connectivity index (χ3n) is 2.95. The first-order chi connectivity index (χ1) is 4.95. The van der Waals surface area contributed by atoms with Crippen LogP contribution in [0.25, 0.3) is 0 Å². The maximum Gasteiger partial charge on any atom is -0.0231 e. The maximum atomic E-state index is 2.45. The summed E-state index contributed by atoms with van der Waals surface area (Å²) in [6.45, 7) is 0. The molecule has 0 nitrogen and oxygen atoms in total. The summed E-state index contributed by atoms with van der Waals surface area (Å²) in [6, 6.07) is 0. The molecule has 0 aromatic carbocycles. The van der Waals surface area contributed by atoms with E-state index in [1.165, 1.54) is 38.5 Å². The number of allylic oxidation sites excluding steroid dienone is 2. The first-order valence-electron chi connectivity index (χ1n) is 4.62. The molecule has 0 saturated heterocycles. The van der Waals surface area contributed by atoms with Crippen molar-refractivity contribution in [1.29, 1.82) is 0 Å². The molecule has 0 heterocycles. The van der Waals surface area contributed by atoms with Crippen molar-refractivity contribution in [2.75, 3.05) is 0 Å². The molecule has 10 heavy (non-hydrogen) atoms. The van der Waals surface area contributed by atoms with E-state index in [4.69, 9.17) is 0 Å².